The van der Waals surface area contributed by atoms with Crippen LogP contribution in [0.5, 0.6) is 0 Å². The lowest BCUT2D eigenvalue weighted by Gasteiger charge is -2.24. The van der Waals surface area contributed by atoms with E-state index in [4.69, 9.17) is 0 Å². The highest BCUT2D eigenvalue weighted by Crippen LogP contribution is 2.37. The van der Waals surface area contributed by atoms with Crippen LogP contribution in [0.1, 0.15) is 52.0 Å². The van der Waals surface area contributed by atoms with Gasteiger partial charge in [-0.15, -0.1) is 0 Å². The van der Waals surface area contributed by atoms with E-state index in [0.29, 0.717) is 23.1 Å². The molecule has 1 amide bonds. The van der Waals surface area contributed by atoms with Gasteiger partial charge in [0, 0.05) is 19.6 Å². The van der Waals surface area contributed by atoms with Crippen molar-refractivity contribution in [2.75, 3.05) is 0 Å². The predicted molar refractivity (Wildman–Crippen MR) is 87.2 cm³/mol. The van der Waals surface area contributed by atoms with E-state index < -0.39 is 53.9 Å². The van der Waals surface area contributed by atoms with E-state index in [0.717, 1.165) is 18.0 Å². The zero-order valence-electron chi connectivity index (χ0n) is 15.0. The molecule has 0 saturated heterocycles. The van der Waals surface area contributed by atoms with Crippen LogP contribution in [0.3, 0.4) is 0 Å². The molecule has 0 atom stereocenters. The summed E-state index contributed by atoms with van der Waals surface area (Å²) in [6.07, 6.45) is -6.83. The number of hydrogen-bond acceptors (Lipinski definition) is 2. The molecule has 0 aliphatic heterocycles. The molecule has 2 aromatic rings. The lowest BCUT2D eigenvalue weighted by molar-refractivity contribution is -0.138. The number of benzene rings is 1. The topological polar surface area (TPSA) is 38.1 Å². The molecule has 3 rings (SSSR count). The van der Waals surface area contributed by atoms with E-state index in [1.54, 1.807) is 6.92 Å². The van der Waals surface area contributed by atoms with Gasteiger partial charge < -0.3 is 4.90 Å². The molecule has 0 spiro atoms. The lowest BCUT2D eigenvalue weighted by Crippen LogP contribution is -2.34. The molecule has 0 unspecified atom stereocenters. The second-order valence-corrected chi connectivity index (χ2v) is 6.80. The lowest BCUT2D eigenvalue weighted by atomic mass is 10.0. The van der Waals surface area contributed by atoms with Crippen molar-refractivity contribution in [3.05, 3.63) is 52.1 Å². The molecule has 1 aliphatic carbocycles. The number of aromatic nitrogens is 2. The summed E-state index contributed by atoms with van der Waals surface area (Å²) in [4.78, 5) is 13.9. The first-order chi connectivity index (χ1) is 13.0. The number of carbonyl (C=O) groups is 1. The second kappa shape index (κ2) is 7.14. The Morgan fingerprint density at radius 1 is 1.32 bits per heavy atom. The van der Waals surface area contributed by atoms with Crippen molar-refractivity contribution in [2.24, 2.45) is 7.05 Å². The van der Waals surface area contributed by atoms with E-state index in [9.17, 15) is 31.1 Å². The molecular weight excluding hydrogens is 388 g/mol. The van der Waals surface area contributed by atoms with Crippen LogP contribution in [0.4, 0.5) is 26.3 Å². The van der Waals surface area contributed by atoms with Gasteiger partial charge in [0.25, 0.3) is 12.3 Å². The Hall–Kier alpha value is -2.52. The Morgan fingerprint density at radius 2 is 1.96 bits per heavy atom. The summed E-state index contributed by atoms with van der Waals surface area (Å²) in [5.41, 5.74) is -2.46. The number of aryl methyl sites for hydroxylation is 2. The van der Waals surface area contributed by atoms with Gasteiger partial charge in [-0.1, -0.05) is 17.7 Å². The summed E-state index contributed by atoms with van der Waals surface area (Å²) in [5.74, 6) is -2.33. The fraction of sp³-hybridized carbons (Fsp3) is 0.444. The van der Waals surface area contributed by atoms with Crippen molar-refractivity contribution < 1.29 is 31.1 Å². The number of carbonyl (C=O) groups excluding carboxylic acids is 1. The Morgan fingerprint density at radius 3 is 2.50 bits per heavy atom. The molecule has 1 aliphatic rings. The third kappa shape index (κ3) is 3.85. The van der Waals surface area contributed by atoms with E-state index >= 15 is 0 Å². The van der Waals surface area contributed by atoms with Crippen molar-refractivity contribution >= 4 is 5.91 Å². The first-order valence-corrected chi connectivity index (χ1v) is 8.49. The van der Waals surface area contributed by atoms with E-state index in [-0.39, 0.29) is 5.56 Å². The highest BCUT2D eigenvalue weighted by molar-refractivity contribution is 5.96. The number of nitrogens with zero attached hydrogens (tertiary/aromatic N) is 3. The van der Waals surface area contributed by atoms with Crippen molar-refractivity contribution in [1.82, 2.24) is 14.7 Å². The first kappa shape index (κ1) is 20.2. The van der Waals surface area contributed by atoms with Crippen LogP contribution in [-0.4, -0.2) is 26.6 Å². The third-order valence-corrected chi connectivity index (χ3v) is 4.58. The summed E-state index contributed by atoms with van der Waals surface area (Å²) < 4.78 is 81.2. The Kier molecular flexibility index (Phi) is 5.16. The minimum Gasteiger partial charge on any atom is -0.331 e. The molecule has 1 heterocycles. The van der Waals surface area contributed by atoms with Crippen LogP contribution in [0.15, 0.2) is 18.2 Å². The molecule has 1 aromatic heterocycles. The van der Waals surface area contributed by atoms with Crippen molar-refractivity contribution in [2.45, 2.75) is 45.0 Å². The van der Waals surface area contributed by atoms with Crippen LogP contribution in [-0.2, 0) is 19.8 Å². The molecular formula is C18H17F6N3O. The molecule has 28 heavy (non-hydrogen) atoms. The van der Waals surface area contributed by atoms with E-state index in [1.165, 1.54) is 12.1 Å². The summed E-state index contributed by atoms with van der Waals surface area (Å²) >= 11 is 0. The Balaban J connectivity index is 2.02. The normalized spacial score (nSPS) is 14.6. The smallest absolute Gasteiger partial charge is 0.331 e. The van der Waals surface area contributed by atoms with Crippen LogP contribution in [0.25, 0.3) is 0 Å². The maximum Gasteiger partial charge on any atom is 0.416 e. The molecule has 1 aromatic carbocycles. The highest BCUT2D eigenvalue weighted by Gasteiger charge is 2.40. The summed E-state index contributed by atoms with van der Waals surface area (Å²) in [6.45, 7) is 1.14. The van der Waals surface area contributed by atoms with Gasteiger partial charge in [-0.3, -0.25) is 4.79 Å². The molecule has 1 fully saturated rings. The number of halogens is 6. The Labute approximate surface area is 156 Å². The maximum absolute atomic E-state index is 14.3. The fourth-order valence-corrected chi connectivity index (χ4v) is 3.08. The second-order valence-electron chi connectivity index (χ2n) is 6.80. The number of amides is 1. The molecule has 1 saturated carbocycles. The molecule has 4 nitrogen and oxygen atoms in total. The largest absolute Gasteiger partial charge is 0.416 e. The molecule has 10 heteroatoms. The summed E-state index contributed by atoms with van der Waals surface area (Å²) in [5, 5.41) is 3.34. The summed E-state index contributed by atoms with van der Waals surface area (Å²) in [7, 11) is 1.07. The number of hydrogen-bond donors (Lipinski definition) is 0. The van der Waals surface area contributed by atoms with Crippen molar-refractivity contribution in [3.8, 4) is 0 Å². The fourth-order valence-electron chi connectivity index (χ4n) is 3.08. The van der Waals surface area contributed by atoms with Gasteiger partial charge in [0.05, 0.1) is 5.56 Å². The van der Waals surface area contributed by atoms with Gasteiger partial charge >= 0.3 is 6.18 Å². The molecule has 0 N–H and O–H groups in total. The van der Waals surface area contributed by atoms with Crippen LogP contribution < -0.4 is 0 Å². The number of rotatable bonds is 5. The predicted octanol–water partition coefficient (Wildman–Crippen LogP) is 4.63. The van der Waals surface area contributed by atoms with Crippen molar-refractivity contribution in [1.29, 1.82) is 0 Å². The summed E-state index contributed by atoms with van der Waals surface area (Å²) in [6, 6.07) is 3.07. The van der Waals surface area contributed by atoms with E-state index in [1.807, 2.05) is 0 Å². The molecule has 152 valence electrons. The monoisotopic (exact) mass is 405 g/mol. The van der Waals surface area contributed by atoms with Gasteiger partial charge in [0.15, 0.2) is 0 Å². The van der Waals surface area contributed by atoms with Crippen LogP contribution >= 0.6 is 0 Å². The highest BCUT2D eigenvalue weighted by atomic mass is 19.4. The van der Waals surface area contributed by atoms with Gasteiger partial charge in [0.1, 0.15) is 11.3 Å². The minimum absolute atomic E-state index is 0.171. The average Bonchev–Trinajstić information content (AvgIpc) is 3.37. The van der Waals surface area contributed by atoms with Gasteiger partial charge in [-0.2, -0.15) is 22.7 Å². The maximum atomic E-state index is 14.3. The zero-order valence-corrected chi connectivity index (χ0v) is 15.0. The molecule has 0 radical (unpaired) electrons. The van der Waals surface area contributed by atoms with Crippen LogP contribution in [0.2, 0.25) is 0 Å². The average molecular weight is 405 g/mol. The zero-order chi connectivity index (χ0) is 20.8. The Bertz CT molecular complexity index is 901. The molecule has 0 bridgehead atoms. The minimum atomic E-state index is -4.64. The third-order valence-electron chi connectivity index (χ3n) is 4.58. The van der Waals surface area contributed by atoms with Crippen molar-refractivity contribution in [3.63, 3.8) is 0 Å². The van der Waals surface area contributed by atoms with Gasteiger partial charge in [0.2, 0.25) is 5.95 Å². The van der Waals surface area contributed by atoms with Gasteiger partial charge in [-0.25, -0.2) is 13.5 Å². The number of alkyl halides is 5. The van der Waals surface area contributed by atoms with Crippen LogP contribution in [0, 0.1) is 12.9 Å². The SMILES string of the molecule is Cc1ccc(C(F)(F)F)c(CN(C(=O)c2c(C(F)F)nn(C)c2F)C2CC2)c1. The van der Waals surface area contributed by atoms with E-state index in [2.05, 4.69) is 5.10 Å². The quantitative estimate of drug-likeness (QED) is 0.681. The van der Waals surface area contributed by atoms with Gasteiger partial charge in [-0.05, 0) is 31.4 Å². The standard InChI is InChI=1S/C18H17F6N3O/c1-9-3-6-12(18(22,23)24)10(7-9)8-27(11-4-5-11)17(28)13-14(15(19)20)25-26(2)16(13)21/h3,6-7,11,15H,4-5,8H2,1-2H3. The first-order valence-electron chi connectivity index (χ1n) is 8.49.